The van der Waals surface area contributed by atoms with Crippen LogP contribution in [0.2, 0.25) is 0 Å². The maximum Gasteiger partial charge on any atom is 0.271 e. The van der Waals surface area contributed by atoms with Gasteiger partial charge in [0.25, 0.3) is 5.91 Å². The Kier molecular flexibility index (Phi) is 3.88. The first kappa shape index (κ1) is 14.3. The number of thiazole rings is 1. The van der Waals surface area contributed by atoms with Crippen LogP contribution < -0.4 is 10.1 Å². The molecule has 2 heterocycles. The first-order chi connectivity index (χ1) is 10.7. The molecule has 6 nitrogen and oxygen atoms in total. The fourth-order valence-electron chi connectivity index (χ4n) is 2.12. The summed E-state index contributed by atoms with van der Waals surface area (Å²) in [7, 11) is 1.58. The lowest BCUT2D eigenvalue weighted by Gasteiger charge is -2.05. The number of nitrogens with one attached hydrogen (secondary N) is 2. The van der Waals surface area contributed by atoms with Gasteiger partial charge in [0.1, 0.15) is 0 Å². The van der Waals surface area contributed by atoms with Crippen molar-refractivity contribution in [3.63, 3.8) is 0 Å². The van der Waals surface area contributed by atoms with Crippen molar-refractivity contribution in [3.8, 4) is 5.69 Å². The summed E-state index contributed by atoms with van der Waals surface area (Å²) in [5, 5.41) is 4.60. The zero-order chi connectivity index (χ0) is 15.5. The van der Waals surface area contributed by atoms with Crippen molar-refractivity contribution in [2.24, 2.45) is 4.99 Å². The van der Waals surface area contributed by atoms with Gasteiger partial charge >= 0.3 is 0 Å². The highest BCUT2D eigenvalue weighted by Crippen LogP contribution is 2.15. The molecule has 0 spiro atoms. The van der Waals surface area contributed by atoms with Gasteiger partial charge in [0.05, 0.1) is 6.33 Å². The second-order valence-corrected chi connectivity index (χ2v) is 5.46. The molecule has 0 aliphatic carbocycles. The Hall–Kier alpha value is -2.67. The number of carbonyl (C=O) groups excluding carboxylic acids is 1. The monoisotopic (exact) mass is 313 g/mol. The average molecular weight is 313 g/mol. The topological polar surface area (TPSA) is 75.1 Å². The molecule has 0 bridgehead atoms. The fourth-order valence-corrected chi connectivity index (χ4v) is 2.99. The van der Waals surface area contributed by atoms with Crippen LogP contribution in [0.1, 0.15) is 16.2 Å². The average Bonchev–Trinajstić information content (AvgIpc) is 3.15. The highest BCUT2D eigenvalue weighted by Gasteiger charge is 2.13. The smallest absolute Gasteiger partial charge is 0.271 e. The second kappa shape index (κ2) is 5.98. The van der Waals surface area contributed by atoms with Crippen LogP contribution in [0.4, 0.5) is 5.82 Å². The lowest BCUT2D eigenvalue weighted by Crippen LogP contribution is -2.19. The number of carbonyl (C=O) groups is 1. The van der Waals surface area contributed by atoms with E-state index in [0.29, 0.717) is 11.5 Å². The standard InChI is InChI=1S/C15H15N5OS/c1-10-8-22-15(20(10)11-6-4-3-5-7-11)19-13-12(14(21)16-2)17-9-18-13/h3-9H,1-2H3,(H,16,21)(H,17,18). The number of hydrogen-bond donors (Lipinski definition) is 2. The normalized spacial score (nSPS) is 11.6. The van der Waals surface area contributed by atoms with Crippen molar-refractivity contribution in [1.82, 2.24) is 19.9 Å². The molecular formula is C15H15N5OS. The van der Waals surface area contributed by atoms with E-state index in [2.05, 4.69) is 20.3 Å². The molecule has 0 unspecified atom stereocenters. The quantitative estimate of drug-likeness (QED) is 0.777. The molecule has 22 heavy (non-hydrogen) atoms. The van der Waals surface area contributed by atoms with Gasteiger partial charge in [-0.3, -0.25) is 9.36 Å². The molecule has 2 N–H and O–H groups in total. The number of hydrogen-bond acceptors (Lipinski definition) is 4. The van der Waals surface area contributed by atoms with Crippen LogP contribution in [-0.2, 0) is 0 Å². The van der Waals surface area contributed by atoms with E-state index in [1.54, 1.807) is 7.05 Å². The number of benzene rings is 1. The Morgan fingerprint density at radius 1 is 1.36 bits per heavy atom. The van der Waals surface area contributed by atoms with Gasteiger partial charge in [-0.05, 0) is 19.1 Å². The number of H-pyrrole nitrogens is 1. The molecule has 0 saturated heterocycles. The number of amides is 1. The van der Waals surface area contributed by atoms with E-state index in [1.807, 2.05) is 47.2 Å². The minimum absolute atomic E-state index is 0.240. The Labute approximate surface area is 131 Å². The largest absolute Gasteiger partial charge is 0.354 e. The van der Waals surface area contributed by atoms with E-state index in [9.17, 15) is 4.79 Å². The summed E-state index contributed by atoms with van der Waals surface area (Å²) in [4.78, 5) is 24.1. The molecule has 1 aromatic carbocycles. The van der Waals surface area contributed by atoms with Crippen LogP contribution in [0.15, 0.2) is 47.0 Å². The molecule has 0 radical (unpaired) electrons. The van der Waals surface area contributed by atoms with Crippen molar-refractivity contribution in [1.29, 1.82) is 0 Å². The lowest BCUT2D eigenvalue weighted by molar-refractivity contribution is 0.0959. The van der Waals surface area contributed by atoms with Crippen LogP contribution >= 0.6 is 11.3 Å². The Morgan fingerprint density at radius 2 is 2.14 bits per heavy atom. The molecule has 3 rings (SSSR count). The molecule has 0 fully saturated rings. The molecule has 112 valence electrons. The van der Waals surface area contributed by atoms with Crippen LogP contribution in [0.5, 0.6) is 0 Å². The van der Waals surface area contributed by atoms with Crippen molar-refractivity contribution >= 4 is 23.1 Å². The van der Waals surface area contributed by atoms with E-state index >= 15 is 0 Å². The van der Waals surface area contributed by atoms with E-state index < -0.39 is 0 Å². The molecule has 2 aromatic heterocycles. The highest BCUT2D eigenvalue weighted by atomic mass is 32.1. The number of aryl methyl sites for hydroxylation is 1. The molecule has 0 aliphatic heterocycles. The van der Waals surface area contributed by atoms with Crippen molar-refractivity contribution in [2.75, 3.05) is 7.05 Å². The van der Waals surface area contributed by atoms with Gasteiger partial charge in [-0.15, -0.1) is 11.3 Å². The minimum Gasteiger partial charge on any atom is -0.354 e. The summed E-state index contributed by atoms with van der Waals surface area (Å²) in [5.74, 6) is 0.140. The Bertz CT molecular complexity index is 859. The zero-order valence-corrected chi connectivity index (χ0v) is 13.0. The first-order valence-electron chi connectivity index (χ1n) is 6.73. The maximum absolute atomic E-state index is 11.8. The third-order valence-electron chi connectivity index (χ3n) is 3.17. The zero-order valence-electron chi connectivity index (χ0n) is 12.2. The van der Waals surface area contributed by atoms with E-state index in [4.69, 9.17) is 0 Å². The molecular weight excluding hydrogens is 298 g/mol. The predicted molar refractivity (Wildman–Crippen MR) is 85.6 cm³/mol. The van der Waals surface area contributed by atoms with Crippen molar-refractivity contribution in [2.45, 2.75) is 6.92 Å². The Balaban J connectivity index is 2.15. The van der Waals surface area contributed by atoms with Gasteiger partial charge in [0, 0.05) is 23.8 Å². The van der Waals surface area contributed by atoms with Crippen molar-refractivity contribution in [3.05, 3.63) is 58.2 Å². The van der Waals surface area contributed by atoms with Crippen LogP contribution in [0.25, 0.3) is 5.69 Å². The summed E-state index contributed by atoms with van der Waals surface area (Å²) in [5.41, 5.74) is 2.46. The molecule has 0 atom stereocenters. The third kappa shape index (κ3) is 2.58. The van der Waals surface area contributed by atoms with Gasteiger partial charge in [0.2, 0.25) is 0 Å². The molecule has 1 amide bonds. The Morgan fingerprint density at radius 3 is 2.86 bits per heavy atom. The molecule has 0 saturated carbocycles. The lowest BCUT2D eigenvalue weighted by atomic mass is 10.3. The number of aromatic amines is 1. The summed E-state index contributed by atoms with van der Waals surface area (Å²) in [6.45, 7) is 2.02. The van der Waals surface area contributed by atoms with Gasteiger partial charge in [0.15, 0.2) is 16.3 Å². The fraction of sp³-hybridized carbons (Fsp3) is 0.133. The van der Waals surface area contributed by atoms with Crippen LogP contribution in [0.3, 0.4) is 0 Å². The number of aromatic nitrogens is 3. The summed E-state index contributed by atoms with van der Waals surface area (Å²) in [6, 6.07) is 9.97. The van der Waals surface area contributed by atoms with Gasteiger partial charge in [-0.25, -0.2) is 4.98 Å². The molecule has 3 aromatic rings. The highest BCUT2D eigenvalue weighted by molar-refractivity contribution is 7.07. The minimum atomic E-state index is -0.240. The second-order valence-electron chi connectivity index (χ2n) is 4.62. The van der Waals surface area contributed by atoms with Crippen LogP contribution in [-0.4, -0.2) is 27.5 Å². The predicted octanol–water partition coefficient (Wildman–Crippen LogP) is 2.16. The third-order valence-corrected chi connectivity index (χ3v) is 4.11. The maximum atomic E-state index is 11.8. The number of nitrogens with zero attached hydrogens (tertiary/aromatic N) is 3. The summed E-state index contributed by atoms with van der Waals surface area (Å²) in [6.07, 6.45) is 1.47. The van der Waals surface area contributed by atoms with Crippen molar-refractivity contribution < 1.29 is 4.79 Å². The SMILES string of the molecule is CNC(=O)c1[nH]cnc1N=c1scc(C)n1-c1ccccc1. The molecule has 7 heteroatoms. The van der Waals surface area contributed by atoms with E-state index in [1.165, 1.54) is 17.7 Å². The molecule has 0 aliphatic rings. The van der Waals surface area contributed by atoms with E-state index in [-0.39, 0.29) is 5.91 Å². The summed E-state index contributed by atoms with van der Waals surface area (Å²) >= 11 is 1.51. The van der Waals surface area contributed by atoms with Gasteiger partial charge < -0.3 is 10.3 Å². The first-order valence-corrected chi connectivity index (χ1v) is 7.61. The van der Waals surface area contributed by atoms with Gasteiger partial charge in [-0.1, -0.05) is 18.2 Å². The van der Waals surface area contributed by atoms with Gasteiger partial charge in [-0.2, -0.15) is 4.99 Å². The van der Waals surface area contributed by atoms with E-state index in [0.717, 1.165) is 16.2 Å². The number of imidazole rings is 1. The van der Waals surface area contributed by atoms with Crippen LogP contribution in [0, 0.1) is 6.92 Å². The summed E-state index contributed by atoms with van der Waals surface area (Å²) < 4.78 is 2.03. The number of para-hydroxylation sites is 1. The number of rotatable bonds is 3.